The van der Waals surface area contributed by atoms with E-state index in [0.29, 0.717) is 28.4 Å². The Morgan fingerprint density at radius 3 is 2.52 bits per heavy atom. The molecule has 0 atom stereocenters. The lowest BCUT2D eigenvalue weighted by Gasteiger charge is -2.23. The molecule has 1 aromatic heterocycles. The zero-order valence-electron chi connectivity index (χ0n) is 16.5. The highest BCUT2D eigenvalue weighted by molar-refractivity contribution is 8.00. The molecule has 0 spiro atoms. The summed E-state index contributed by atoms with van der Waals surface area (Å²) in [6.45, 7) is 4.33. The molecular weight excluding hydrogens is 452 g/mol. The predicted octanol–water partition coefficient (Wildman–Crippen LogP) is 6.10. The van der Waals surface area contributed by atoms with Crippen LogP contribution in [0.5, 0.6) is 0 Å². The molecule has 0 amide bonds. The molecule has 1 aliphatic rings. The molecule has 1 N–H and O–H groups in total. The Kier molecular flexibility index (Phi) is 5.74. The van der Waals surface area contributed by atoms with Gasteiger partial charge in [0.2, 0.25) is 5.95 Å². The average Bonchev–Trinajstić information content (AvgIpc) is 2.97. The van der Waals surface area contributed by atoms with Crippen LogP contribution in [0.1, 0.15) is 25.0 Å². The molecule has 0 radical (unpaired) electrons. The highest BCUT2D eigenvalue weighted by Crippen LogP contribution is 2.43. The zero-order valence-corrected chi connectivity index (χ0v) is 18.1. The van der Waals surface area contributed by atoms with Crippen molar-refractivity contribution in [3.8, 4) is 0 Å². The summed E-state index contributed by atoms with van der Waals surface area (Å²) in [4.78, 5) is 9.55. The van der Waals surface area contributed by atoms with Gasteiger partial charge in [0.15, 0.2) is 17.5 Å². The number of fused-ring (bicyclic) bond motifs is 1. The Balaban J connectivity index is 1.55. The Hall–Kier alpha value is -2.52. The van der Waals surface area contributed by atoms with E-state index in [1.54, 1.807) is 0 Å². The van der Waals surface area contributed by atoms with Crippen molar-refractivity contribution in [2.45, 2.75) is 30.7 Å². The summed E-state index contributed by atoms with van der Waals surface area (Å²) in [5.41, 5.74) is 0.769. The molecule has 1 aliphatic heterocycles. The van der Waals surface area contributed by atoms with Gasteiger partial charge < -0.3 is 4.90 Å². The van der Waals surface area contributed by atoms with Crippen molar-refractivity contribution in [2.75, 3.05) is 16.2 Å². The fraction of sp³-hybridized carbons (Fsp3) is 0.238. The van der Waals surface area contributed by atoms with E-state index in [1.165, 1.54) is 18.2 Å². The van der Waals surface area contributed by atoms with Crippen LogP contribution in [0.3, 0.4) is 0 Å². The molecular formula is C21H17ClF4N4S. The maximum atomic E-state index is 14.7. The van der Waals surface area contributed by atoms with Gasteiger partial charge in [-0.3, -0.25) is 4.72 Å². The van der Waals surface area contributed by atoms with Crippen LogP contribution in [0.25, 0.3) is 0 Å². The van der Waals surface area contributed by atoms with Crippen LogP contribution in [-0.2, 0) is 12.0 Å². The Morgan fingerprint density at radius 2 is 1.81 bits per heavy atom. The summed E-state index contributed by atoms with van der Waals surface area (Å²) >= 11 is 7.29. The zero-order chi connectivity index (χ0) is 22.3. The van der Waals surface area contributed by atoms with Crippen LogP contribution in [0, 0.1) is 23.3 Å². The van der Waals surface area contributed by atoms with E-state index < -0.39 is 28.7 Å². The number of anilines is 2. The maximum absolute atomic E-state index is 14.7. The molecule has 4 nitrogen and oxygen atoms in total. The first-order chi connectivity index (χ1) is 14.7. The van der Waals surface area contributed by atoms with Gasteiger partial charge in [-0.2, -0.15) is 0 Å². The molecule has 0 unspecified atom stereocenters. The topological polar surface area (TPSA) is 41.0 Å². The van der Waals surface area contributed by atoms with Gasteiger partial charge in [0.1, 0.15) is 5.82 Å². The largest absolute Gasteiger partial charge is 0.366 e. The van der Waals surface area contributed by atoms with E-state index in [2.05, 4.69) is 14.7 Å². The molecule has 3 aromatic rings. The molecule has 2 heterocycles. The van der Waals surface area contributed by atoms with Gasteiger partial charge in [0.25, 0.3) is 0 Å². The van der Waals surface area contributed by atoms with Crippen LogP contribution >= 0.6 is 23.5 Å². The van der Waals surface area contributed by atoms with Crippen molar-refractivity contribution in [3.05, 3.63) is 76.1 Å². The second-order valence-electron chi connectivity index (χ2n) is 7.80. The first-order valence-electron chi connectivity index (χ1n) is 9.27. The number of aromatic nitrogens is 2. The normalized spacial score (nSPS) is 14.6. The third-order valence-electron chi connectivity index (χ3n) is 5.01. The third-order valence-corrected chi connectivity index (χ3v) is 6.18. The van der Waals surface area contributed by atoms with E-state index in [-0.39, 0.29) is 17.4 Å². The summed E-state index contributed by atoms with van der Waals surface area (Å²) in [6.07, 6.45) is 1.98. The number of hydrogen-bond donors (Lipinski definition) is 1. The summed E-state index contributed by atoms with van der Waals surface area (Å²) in [6, 6.07) is 5.39. The summed E-state index contributed by atoms with van der Waals surface area (Å²) in [5.74, 6) is -2.73. The second-order valence-corrected chi connectivity index (χ2v) is 9.05. The van der Waals surface area contributed by atoms with Crippen molar-refractivity contribution in [2.24, 2.45) is 0 Å². The Labute approximate surface area is 185 Å². The minimum Gasteiger partial charge on any atom is -0.366 e. The molecule has 10 heteroatoms. The lowest BCUT2D eigenvalue weighted by Crippen LogP contribution is -2.28. The molecule has 0 fully saturated rings. The summed E-state index contributed by atoms with van der Waals surface area (Å²) in [5, 5.41) is 0.319. The van der Waals surface area contributed by atoms with Gasteiger partial charge in [-0.25, -0.2) is 27.5 Å². The minimum absolute atomic E-state index is 0.121. The van der Waals surface area contributed by atoms with Gasteiger partial charge in [-0.1, -0.05) is 25.4 Å². The molecule has 0 saturated carbocycles. The highest BCUT2D eigenvalue weighted by Gasteiger charge is 2.39. The van der Waals surface area contributed by atoms with Gasteiger partial charge in [-0.15, -0.1) is 0 Å². The number of halogens is 5. The summed E-state index contributed by atoms with van der Waals surface area (Å²) < 4.78 is 58.5. The number of hydrogen-bond acceptors (Lipinski definition) is 5. The van der Waals surface area contributed by atoms with E-state index in [1.807, 2.05) is 18.7 Å². The number of nitrogens with zero attached hydrogens (tertiary/aromatic N) is 3. The molecule has 0 bridgehead atoms. The quantitative estimate of drug-likeness (QED) is 0.362. The lowest BCUT2D eigenvalue weighted by atomic mass is 9.86. The molecule has 162 valence electrons. The van der Waals surface area contributed by atoms with Crippen LogP contribution in [0.15, 0.2) is 41.6 Å². The maximum Gasteiger partial charge on any atom is 0.233 e. The van der Waals surface area contributed by atoms with Gasteiger partial charge in [0, 0.05) is 34.8 Å². The number of benzene rings is 2. The molecule has 31 heavy (non-hydrogen) atoms. The van der Waals surface area contributed by atoms with Crippen molar-refractivity contribution >= 4 is 35.2 Å². The lowest BCUT2D eigenvalue weighted by molar-refractivity contribution is 0.465. The Morgan fingerprint density at radius 1 is 1.10 bits per heavy atom. The van der Waals surface area contributed by atoms with Crippen molar-refractivity contribution in [3.63, 3.8) is 0 Å². The van der Waals surface area contributed by atoms with Crippen LogP contribution in [0.4, 0.5) is 29.2 Å². The fourth-order valence-corrected chi connectivity index (χ4v) is 4.60. The van der Waals surface area contributed by atoms with Crippen LogP contribution in [-0.4, -0.2) is 16.5 Å². The third kappa shape index (κ3) is 4.29. The van der Waals surface area contributed by atoms with E-state index >= 15 is 0 Å². The standard InChI is InChI=1S/C21H17ClF4N4S/c1-21(2)10-30(16-4-3-14(24)19(26)18(16)21)9-11-5-15(25)17(6-13(11)22)31-29-20-27-7-12(23)8-28-20/h3-8H,9-10H2,1-2H3,(H,27,28,29). The Bertz CT molecular complexity index is 1140. The first-order valence-corrected chi connectivity index (χ1v) is 10.5. The molecule has 2 aromatic carbocycles. The van der Waals surface area contributed by atoms with Crippen LogP contribution < -0.4 is 9.62 Å². The van der Waals surface area contributed by atoms with Gasteiger partial charge >= 0.3 is 0 Å². The van der Waals surface area contributed by atoms with Crippen LogP contribution in [0.2, 0.25) is 5.02 Å². The van der Waals surface area contributed by atoms with E-state index in [4.69, 9.17) is 11.6 Å². The number of nitrogens with one attached hydrogen (secondary N) is 1. The van der Waals surface area contributed by atoms with Gasteiger partial charge in [-0.05, 0) is 41.8 Å². The second kappa shape index (κ2) is 8.20. The van der Waals surface area contributed by atoms with E-state index in [0.717, 1.165) is 30.4 Å². The molecule has 0 saturated heterocycles. The van der Waals surface area contributed by atoms with E-state index in [9.17, 15) is 17.6 Å². The number of rotatable bonds is 5. The average molecular weight is 469 g/mol. The van der Waals surface area contributed by atoms with Gasteiger partial charge in [0.05, 0.1) is 17.3 Å². The minimum atomic E-state index is -0.892. The van der Waals surface area contributed by atoms with Crippen molar-refractivity contribution < 1.29 is 17.6 Å². The predicted molar refractivity (Wildman–Crippen MR) is 113 cm³/mol. The summed E-state index contributed by atoms with van der Waals surface area (Å²) in [7, 11) is 0. The fourth-order valence-electron chi connectivity index (χ4n) is 3.67. The smallest absolute Gasteiger partial charge is 0.233 e. The SMILES string of the molecule is CC1(C)CN(Cc2cc(F)c(SNc3ncc(F)cn3)cc2Cl)c2ccc(F)c(F)c21. The van der Waals surface area contributed by atoms with Crippen molar-refractivity contribution in [1.82, 2.24) is 9.97 Å². The first kappa shape index (κ1) is 21.7. The monoisotopic (exact) mass is 468 g/mol. The van der Waals surface area contributed by atoms with Crippen molar-refractivity contribution in [1.29, 1.82) is 0 Å². The molecule has 4 rings (SSSR count). The molecule has 0 aliphatic carbocycles. The highest BCUT2D eigenvalue weighted by atomic mass is 35.5.